The van der Waals surface area contributed by atoms with Gasteiger partial charge in [-0.2, -0.15) is 0 Å². The minimum Gasteiger partial charge on any atom is -0.469 e. The molecular weight excluding hydrogens is 226 g/mol. The van der Waals surface area contributed by atoms with Crippen molar-refractivity contribution in [1.29, 1.82) is 0 Å². The molecule has 1 aliphatic rings. The van der Waals surface area contributed by atoms with E-state index in [1.807, 2.05) is 0 Å². The standard InChI is InChI=1S/C15H21NO2/c1-3-12-4-6-14(7-5-12)16-10-8-13(9-11-16)15(17)18-2/h4-7,13H,3,8-11H2,1-2H3. The average Bonchev–Trinajstić information content (AvgIpc) is 2.47. The fourth-order valence-electron chi connectivity index (χ4n) is 2.48. The summed E-state index contributed by atoms with van der Waals surface area (Å²) in [7, 11) is 1.47. The number of benzene rings is 1. The normalized spacial score (nSPS) is 16.7. The molecule has 1 heterocycles. The van der Waals surface area contributed by atoms with Crippen molar-refractivity contribution in [3.05, 3.63) is 29.8 Å². The van der Waals surface area contributed by atoms with Crippen LogP contribution in [0.1, 0.15) is 25.3 Å². The quantitative estimate of drug-likeness (QED) is 0.769. The van der Waals surface area contributed by atoms with Crippen molar-refractivity contribution in [2.45, 2.75) is 26.2 Å². The first-order chi connectivity index (χ1) is 8.74. The van der Waals surface area contributed by atoms with E-state index in [2.05, 4.69) is 36.1 Å². The molecule has 3 heteroatoms. The van der Waals surface area contributed by atoms with Gasteiger partial charge in [-0.05, 0) is 37.0 Å². The molecule has 0 aliphatic carbocycles. The largest absolute Gasteiger partial charge is 0.469 e. The van der Waals surface area contributed by atoms with Gasteiger partial charge in [-0.1, -0.05) is 19.1 Å². The highest BCUT2D eigenvalue weighted by molar-refractivity contribution is 5.72. The lowest BCUT2D eigenvalue weighted by Crippen LogP contribution is -2.36. The van der Waals surface area contributed by atoms with Gasteiger partial charge in [0.1, 0.15) is 0 Å². The molecule has 0 saturated carbocycles. The number of carbonyl (C=O) groups excluding carboxylic acids is 1. The van der Waals surface area contributed by atoms with Crippen molar-refractivity contribution in [2.75, 3.05) is 25.1 Å². The van der Waals surface area contributed by atoms with Gasteiger partial charge in [0.25, 0.3) is 0 Å². The van der Waals surface area contributed by atoms with Crippen molar-refractivity contribution in [3.8, 4) is 0 Å². The monoisotopic (exact) mass is 247 g/mol. The fourth-order valence-corrected chi connectivity index (χ4v) is 2.48. The highest BCUT2D eigenvalue weighted by Gasteiger charge is 2.25. The fraction of sp³-hybridized carbons (Fsp3) is 0.533. The van der Waals surface area contributed by atoms with Crippen LogP contribution in [-0.2, 0) is 16.0 Å². The van der Waals surface area contributed by atoms with Crippen molar-refractivity contribution in [3.63, 3.8) is 0 Å². The Balaban J connectivity index is 1.94. The molecule has 18 heavy (non-hydrogen) atoms. The van der Waals surface area contributed by atoms with E-state index in [0.717, 1.165) is 32.4 Å². The highest BCUT2D eigenvalue weighted by Crippen LogP contribution is 2.24. The molecule has 0 spiro atoms. The van der Waals surface area contributed by atoms with Crippen molar-refractivity contribution in [2.24, 2.45) is 5.92 Å². The van der Waals surface area contributed by atoms with Crippen molar-refractivity contribution >= 4 is 11.7 Å². The van der Waals surface area contributed by atoms with E-state index in [1.54, 1.807) is 0 Å². The van der Waals surface area contributed by atoms with Gasteiger partial charge in [0.15, 0.2) is 0 Å². The summed E-state index contributed by atoms with van der Waals surface area (Å²) in [4.78, 5) is 13.8. The molecular formula is C15H21NO2. The van der Waals surface area contributed by atoms with Crippen LogP contribution >= 0.6 is 0 Å². The van der Waals surface area contributed by atoms with Gasteiger partial charge in [0.05, 0.1) is 13.0 Å². The van der Waals surface area contributed by atoms with Crippen molar-refractivity contribution in [1.82, 2.24) is 0 Å². The summed E-state index contributed by atoms with van der Waals surface area (Å²) in [6, 6.07) is 8.72. The third kappa shape index (κ3) is 2.84. The van der Waals surface area contributed by atoms with E-state index in [9.17, 15) is 4.79 Å². The Labute approximate surface area is 109 Å². The zero-order valence-electron chi connectivity index (χ0n) is 11.2. The maximum absolute atomic E-state index is 11.5. The topological polar surface area (TPSA) is 29.5 Å². The molecule has 0 atom stereocenters. The van der Waals surface area contributed by atoms with Crippen LogP contribution in [0.15, 0.2) is 24.3 Å². The maximum atomic E-state index is 11.5. The molecule has 0 bridgehead atoms. The zero-order chi connectivity index (χ0) is 13.0. The number of anilines is 1. The third-order valence-electron chi connectivity index (χ3n) is 3.74. The highest BCUT2D eigenvalue weighted by atomic mass is 16.5. The molecule has 2 rings (SSSR count). The number of piperidine rings is 1. The Kier molecular flexibility index (Phi) is 4.24. The zero-order valence-corrected chi connectivity index (χ0v) is 11.2. The van der Waals surface area contributed by atoms with Crippen molar-refractivity contribution < 1.29 is 9.53 Å². The van der Waals surface area contributed by atoms with E-state index >= 15 is 0 Å². The first-order valence-corrected chi connectivity index (χ1v) is 6.66. The SMILES string of the molecule is CCc1ccc(N2CCC(C(=O)OC)CC2)cc1. The summed E-state index contributed by atoms with van der Waals surface area (Å²) in [5.41, 5.74) is 2.62. The third-order valence-corrected chi connectivity index (χ3v) is 3.74. The molecule has 0 N–H and O–H groups in total. The Hall–Kier alpha value is -1.51. The summed E-state index contributed by atoms with van der Waals surface area (Å²) in [5, 5.41) is 0. The summed E-state index contributed by atoms with van der Waals surface area (Å²) in [5.74, 6) is 0.0251. The molecule has 1 saturated heterocycles. The molecule has 1 aromatic rings. The number of rotatable bonds is 3. The second-order valence-corrected chi connectivity index (χ2v) is 4.80. The number of carbonyl (C=O) groups is 1. The first kappa shape index (κ1) is 12.9. The van der Waals surface area contributed by atoms with E-state index < -0.39 is 0 Å². The first-order valence-electron chi connectivity index (χ1n) is 6.66. The van der Waals surface area contributed by atoms with Crippen LogP contribution in [-0.4, -0.2) is 26.2 Å². The van der Waals surface area contributed by atoms with Gasteiger partial charge < -0.3 is 9.64 Å². The second-order valence-electron chi connectivity index (χ2n) is 4.80. The number of hydrogen-bond acceptors (Lipinski definition) is 3. The van der Waals surface area contributed by atoms with Gasteiger partial charge in [0, 0.05) is 18.8 Å². The molecule has 0 radical (unpaired) electrons. The predicted octanol–water partition coefficient (Wildman–Crippen LogP) is 2.64. The number of aryl methyl sites for hydroxylation is 1. The molecule has 1 aromatic carbocycles. The second kappa shape index (κ2) is 5.89. The average molecular weight is 247 g/mol. The molecule has 3 nitrogen and oxygen atoms in total. The molecule has 0 amide bonds. The Morgan fingerprint density at radius 3 is 2.39 bits per heavy atom. The Bertz CT molecular complexity index is 391. The minimum atomic E-state index is -0.0593. The van der Waals surface area contributed by atoms with Crippen LogP contribution in [0.5, 0.6) is 0 Å². The van der Waals surface area contributed by atoms with Crippen LogP contribution in [0.4, 0.5) is 5.69 Å². The van der Waals surface area contributed by atoms with Gasteiger partial charge >= 0.3 is 5.97 Å². The van der Waals surface area contributed by atoms with E-state index in [0.29, 0.717) is 0 Å². The summed E-state index contributed by atoms with van der Waals surface area (Å²) < 4.78 is 4.80. The lowest BCUT2D eigenvalue weighted by molar-refractivity contribution is -0.146. The Morgan fingerprint density at radius 2 is 1.89 bits per heavy atom. The summed E-state index contributed by atoms with van der Waals surface area (Å²) >= 11 is 0. The number of esters is 1. The van der Waals surface area contributed by atoms with Gasteiger partial charge in [-0.25, -0.2) is 0 Å². The van der Waals surface area contributed by atoms with Gasteiger partial charge in [-0.15, -0.1) is 0 Å². The predicted molar refractivity (Wildman–Crippen MR) is 72.8 cm³/mol. The Morgan fingerprint density at radius 1 is 1.28 bits per heavy atom. The van der Waals surface area contributed by atoms with Gasteiger partial charge in [0.2, 0.25) is 0 Å². The number of nitrogens with zero attached hydrogens (tertiary/aromatic N) is 1. The number of ether oxygens (including phenoxy) is 1. The minimum absolute atomic E-state index is 0.0593. The van der Waals surface area contributed by atoms with Crippen LogP contribution in [0.3, 0.4) is 0 Å². The molecule has 0 aromatic heterocycles. The van der Waals surface area contributed by atoms with Crippen LogP contribution in [0.25, 0.3) is 0 Å². The number of hydrogen-bond donors (Lipinski definition) is 0. The summed E-state index contributed by atoms with van der Waals surface area (Å²) in [6.45, 7) is 4.04. The molecule has 1 fully saturated rings. The van der Waals surface area contributed by atoms with E-state index in [4.69, 9.17) is 4.74 Å². The smallest absolute Gasteiger partial charge is 0.308 e. The van der Waals surface area contributed by atoms with E-state index in [1.165, 1.54) is 18.4 Å². The van der Waals surface area contributed by atoms with Crippen LogP contribution in [0.2, 0.25) is 0 Å². The maximum Gasteiger partial charge on any atom is 0.308 e. The molecule has 98 valence electrons. The summed E-state index contributed by atoms with van der Waals surface area (Å²) in [6.07, 6.45) is 2.86. The lowest BCUT2D eigenvalue weighted by Gasteiger charge is -2.32. The van der Waals surface area contributed by atoms with E-state index in [-0.39, 0.29) is 11.9 Å². The molecule has 1 aliphatic heterocycles. The lowest BCUT2D eigenvalue weighted by atomic mass is 9.96. The van der Waals surface area contributed by atoms with Crippen LogP contribution < -0.4 is 4.90 Å². The number of methoxy groups -OCH3 is 1. The van der Waals surface area contributed by atoms with Crippen LogP contribution in [0, 0.1) is 5.92 Å². The van der Waals surface area contributed by atoms with Gasteiger partial charge in [-0.3, -0.25) is 4.79 Å². The molecule has 0 unspecified atom stereocenters.